The fraction of sp³-hybridized carbons (Fsp3) is 0.200. The van der Waals surface area contributed by atoms with Gasteiger partial charge in [0.05, 0.1) is 11.4 Å². The number of nitrogens with one attached hydrogen (secondary N) is 2. The normalized spacial score (nSPS) is 20.7. The molecule has 2 N–H and O–H groups in total. The number of rotatable bonds is 1. The molecule has 0 aromatic heterocycles. The molecule has 2 aliphatic rings. The molecule has 2 heterocycles. The summed E-state index contributed by atoms with van der Waals surface area (Å²) in [7, 11) is 0. The molecule has 0 aromatic rings. The Morgan fingerprint density at radius 3 is 2.83 bits per heavy atom. The highest BCUT2D eigenvalue weighted by molar-refractivity contribution is 5.36. The Labute approximate surface area is 72.4 Å². The average Bonchev–Trinajstić information content (AvgIpc) is 2.21. The summed E-state index contributed by atoms with van der Waals surface area (Å²) < 4.78 is 0. The Bertz CT molecular complexity index is 282. The molecule has 2 rings (SSSR count). The van der Waals surface area contributed by atoms with Gasteiger partial charge in [-0.15, -0.1) is 0 Å². The second-order valence-corrected chi connectivity index (χ2v) is 2.79. The second-order valence-electron chi connectivity index (χ2n) is 2.79. The van der Waals surface area contributed by atoms with E-state index in [0.717, 1.165) is 13.0 Å². The maximum Gasteiger partial charge on any atom is 0.0578 e. The van der Waals surface area contributed by atoms with Crippen LogP contribution in [0.2, 0.25) is 0 Å². The van der Waals surface area contributed by atoms with Crippen molar-refractivity contribution in [3.8, 4) is 0 Å². The van der Waals surface area contributed by atoms with Crippen LogP contribution in [0.5, 0.6) is 0 Å². The highest BCUT2D eigenvalue weighted by atomic mass is 15.0. The second kappa shape index (κ2) is 3.30. The van der Waals surface area contributed by atoms with E-state index >= 15 is 0 Å². The molecule has 0 bridgehead atoms. The third-order valence-electron chi connectivity index (χ3n) is 1.91. The zero-order valence-electron chi connectivity index (χ0n) is 6.88. The van der Waals surface area contributed by atoms with E-state index < -0.39 is 0 Å². The fourth-order valence-electron chi connectivity index (χ4n) is 1.29. The van der Waals surface area contributed by atoms with Gasteiger partial charge in [-0.1, -0.05) is 24.3 Å². The van der Waals surface area contributed by atoms with Crippen LogP contribution in [0.3, 0.4) is 0 Å². The lowest BCUT2D eigenvalue weighted by Gasteiger charge is -2.17. The molecule has 2 nitrogen and oxygen atoms in total. The van der Waals surface area contributed by atoms with Crippen LogP contribution in [0.1, 0.15) is 6.42 Å². The van der Waals surface area contributed by atoms with Gasteiger partial charge in [0.25, 0.3) is 0 Å². The summed E-state index contributed by atoms with van der Waals surface area (Å²) in [5.74, 6) is 0. The van der Waals surface area contributed by atoms with Gasteiger partial charge >= 0.3 is 0 Å². The van der Waals surface area contributed by atoms with Crippen LogP contribution in [0.15, 0.2) is 48.0 Å². The molecule has 0 saturated heterocycles. The molecule has 0 aliphatic carbocycles. The number of dihydropyridines is 2. The minimum atomic E-state index is 0.925. The monoisotopic (exact) mass is 160 g/mol. The SMILES string of the molecule is C1=CCNC(C2=CCC=CN2)=C1. The molecular weight excluding hydrogens is 148 g/mol. The van der Waals surface area contributed by atoms with Gasteiger partial charge < -0.3 is 10.6 Å². The van der Waals surface area contributed by atoms with E-state index in [-0.39, 0.29) is 0 Å². The molecule has 2 aliphatic heterocycles. The summed E-state index contributed by atoms with van der Waals surface area (Å²) in [5.41, 5.74) is 2.36. The van der Waals surface area contributed by atoms with Crippen LogP contribution in [0, 0.1) is 0 Å². The van der Waals surface area contributed by atoms with E-state index in [0.29, 0.717) is 0 Å². The molecule has 0 fully saturated rings. The lowest BCUT2D eigenvalue weighted by atomic mass is 10.2. The maximum atomic E-state index is 3.30. The van der Waals surface area contributed by atoms with E-state index in [1.54, 1.807) is 0 Å². The highest BCUT2D eigenvalue weighted by Crippen LogP contribution is 2.10. The Balaban J connectivity index is 2.13. The van der Waals surface area contributed by atoms with Crippen molar-refractivity contribution < 1.29 is 0 Å². The Hall–Kier alpha value is -1.44. The first-order valence-corrected chi connectivity index (χ1v) is 4.19. The number of hydrogen-bond donors (Lipinski definition) is 2. The molecule has 12 heavy (non-hydrogen) atoms. The molecule has 0 spiro atoms. The summed E-state index contributed by atoms with van der Waals surface area (Å²) in [6, 6.07) is 0. The summed E-state index contributed by atoms with van der Waals surface area (Å²) in [4.78, 5) is 0. The van der Waals surface area contributed by atoms with Gasteiger partial charge in [0.1, 0.15) is 0 Å². The Morgan fingerprint density at radius 2 is 2.17 bits per heavy atom. The molecule has 0 aromatic carbocycles. The summed E-state index contributed by atoms with van der Waals surface area (Å²) in [6.45, 7) is 0.925. The first-order chi connectivity index (χ1) is 5.97. The fourth-order valence-corrected chi connectivity index (χ4v) is 1.29. The van der Waals surface area contributed by atoms with E-state index in [9.17, 15) is 0 Å². The van der Waals surface area contributed by atoms with Crippen LogP contribution in [0.25, 0.3) is 0 Å². The summed E-state index contributed by atoms with van der Waals surface area (Å²) >= 11 is 0. The van der Waals surface area contributed by atoms with Gasteiger partial charge in [0.15, 0.2) is 0 Å². The van der Waals surface area contributed by atoms with Gasteiger partial charge in [0, 0.05) is 6.54 Å². The molecule has 2 heteroatoms. The molecule has 0 amide bonds. The smallest absolute Gasteiger partial charge is 0.0578 e. The van der Waals surface area contributed by atoms with E-state index in [1.807, 2.05) is 6.20 Å². The third-order valence-corrected chi connectivity index (χ3v) is 1.91. The van der Waals surface area contributed by atoms with Crippen molar-refractivity contribution in [2.24, 2.45) is 0 Å². The predicted molar refractivity (Wildman–Crippen MR) is 50.2 cm³/mol. The zero-order valence-corrected chi connectivity index (χ0v) is 6.88. The molecule has 0 unspecified atom stereocenters. The molecule has 62 valence electrons. The predicted octanol–water partition coefficient (Wildman–Crippen LogP) is 1.42. The van der Waals surface area contributed by atoms with Gasteiger partial charge in [-0.3, -0.25) is 0 Å². The average molecular weight is 160 g/mol. The minimum absolute atomic E-state index is 0.925. The summed E-state index contributed by atoms with van der Waals surface area (Å²) in [6.07, 6.45) is 13.5. The van der Waals surface area contributed by atoms with Crippen LogP contribution in [0.4, 0.5) is 0 Å². The highest BCUT2D eigenvalue weighted by Gasteiger charge is 2.04. The van der Waals surface area contributed by atoms with Crippen LogP contribution < -0.4 is 10.6 Å². The number of hydrogen-bond acceptors (Lipinski definition) is 2. The topological polar surface area (TPSA) is 24.1 Å². The van der Waals surface area contributed by atoms with Crippen molar-refractivity contribution in [1.29, 1.82) is 0 Å². The van der Waals surface area contributed by atoms with Crippen LogP contribution >= 0.6 is 0 Å². The van der Waals surface area contributed by atoms with Crippen LogP contribution in [-0.2, 0) is 0 Å². The Morgan fingerprint density at radius 1 is 1.17 bits per heavy atom. The minimum Gasteiger partial charge on any atom is -0.380 e. The standard InChI is InChI=1S/C10H12N2/c1-3-7-11-9(5-1)10-6-2-4-8-12-10/h1,3-6,8,11-12H,2,7H2. The van der Waals surface area contributed by atoms with Crippen molar-refractivity contribution in [3.63, 3.8) is 0 Å². The Kier molecular flexibility index (Phi) is 1.99. The first kappa shape index (κ1) is 7.22. The lowest BCUT2D eigenvalue weighted by Crippen LogP contribution is -2.23. The molecular formula is C10H12N2. The molecule has 0 saturated carbocycles. The number of allylic oxidation sites excluding steroid dienone is 4. The van der Waals surface area contributed by atoms with Crippen molar-refractivity contribution in [3.05, 3.63) is 48.0 Å². The lowest BCUT2D eigenvalue weighted by molar-refractivity contribution is 0.854. The first-order valence-electron chi connectivity index (χ1n) is 4.19. The molecule has 0 radical (unpaired) electrons. The van der Waals surface area contributed by atoms with Gasteiger partial charge in [0.2, 0.25) is 0 Å². The molecule has 0 atom stereocenters. The van der Waals surface area contributed by atoms with E-state index in [1.165, 1.54) is 11.4 Å². The largest absolute Gasteiger partial charge is 0.380 e. The quantitative estimate of drug-likeness (QED) is 0.606. The van der Waals surface area contributed by atoms with Crippen molar-refractivity contribution in [2.75, 3.05) is 6.54 Å². The van der Waals surface area contributed by atoms with Crippen molar-refractivity contribution in [1.82, 2.24) is 10.6 Å². The summed E-state index contributed by atoms with van der Waals surface area (Å²) in [5, 5.41) is 6.50. The van der Waals surface area contributed by atoms with Gasteiger partial charge in [-0.25, -0.2) is 0 Å². The van der Waals surface area contributed by atoms with Crippen molar-refractivity contribution >= 4 is 0 Å². The van der Waals surface area contributed by atoms with E-state index in [2.05, 4.69) is 41.0 Å². The van der Waals surface area contributed by atoms with E-state index in [4.69, 9.17) is 0 Å². The van der Waals surface area contributed by atoms with Crippen molar-refractivity contribution in [2.45, 2.75) is 6.42 Å². The zero-order chi connectivity index (χ0) is 8.23. The maximum absolute atomic E-state index is 3.30. The van der Waals surface area contributed by atoms with Gasteiger partial charge in [-0.05, 0) is 18.7 Å². The van der Waals surface area contributed by atoms with Crippen LogP contribution in [-0.4, -0.2) is 6.54 Å². The third kappa shape index (κ3) is 1.42. The van der Waals surface area contributed by atoms with Gasteiger partial charge in [-0.2, -0.15) is 0 Å².